The van der Waals surface area contributed by atoms with Crippen LogP contribution in [0.15, 0.2) is 150 Å². The van der Waals surface area contributed by atoms with Crippen molar-refractivity contribution >= 4 is 24.2 Å². The molecule has 2 N–H and O–H groups in total. The summed E-state index contributed by atoms with van der Waals surface area (Å²) < 4.78 is 11.5. The predicted molar refractivity (Wildman–Crippen MR) is 213 cm³/mol. The summed E-state index contributed by atoms with van der Waals surface area (Å²) in [4.78, 5) is 26.5. The van der Waals surface area contributed by atoms with Crippen LogP contribution in [0.2, 0.25) is 0 Å². The van der Waals surface area contributed by atoms with Gasteiger partial charge in [-0.3, -0.25) is 9.59 Å². The minimum atomic E-state index is -0.516. The first-order chi connectivity index (χ1) is 25.9. The number of rotatable bonds is 13. The van der Waals surface area contributed by atoms with Gasteiger partial charge in [-0.05, 0) is 95.6 Å². The summed E-state index contributed by atoms with van der Waals surface area (Å²) in [7, 11) is 0. The molecule has 53 heavy (non-hydrogen) atoms. The van der Waals surface area contributed by atoms with Crippen LogP contribution in [-0.2, 0) is 0 Å². The van der Waals surface area contributed by atoms with Gasteiger partial charge in [0.05, 0.1) is 36.8 Å². The lowest BCUT2D eigenvalue weighted by atomic mass is 9.93. The molecule has 8 nitrogen and oxygen atoms in total. The summed E-state index contributed by atoms with van der Waals surface area (Å²) in [5, 5.41) is 8.30. The van der Waals surface area contributed by atoms with Gasteiger partial charge in [-0.25, -0.2) is 10.9 Å². The number of hydrogen-bond acceptors (Lipinski definition) is 6. The minimum absolute atomic E-state index is 0.176. The zero-order chi connectivity index (χ0) is 37.0. The Bertz CT molecular complexity index is 2170. The van der Waals surface area contributed by atoms with E-state index >= 15 is 0 Å². The van der Waals surface area contributed by atoms with Crippen molar-refractivity contribution in [2.45, 2.75) is 20.8 Å². The van der Waals surface area contributed by atoms with Gasteiger partial charge in [0, 0.05) is 0 Å². The summed E-state index contributed by atoms with van der Waals surface area (Å²) >= 11 is 0. The lowest BCUT2D eigenvalue weighted by molar-refractivity contribution is 0.0936. The molecule has 0 saturated heterocycles. The number of nitrogens with zero attached hydrogens (tertiary/aromatic N) is 2. The van der Waals surface area contributed by atoms with E-state index < -0.39 is 11.8 Å². The molecule has 264 valence electrons. The highest BCUT2D eigenvalue weighted by atomic mass is 16.5. The lowest BCUT2D eigenvalue weighted by Crippen LogP contribution is -2.22. The molecule has 0 atom stereocenters. The molecule has 0 aliphatic heterocycles. The van der Waals surface area contributed by atoms with Gasteiger partial charge in [0.1, 0.15) is 11.5 Å². The third-order valence-electron chi connectivity index (χ3n) is 8.40. The van der Waals surface area contributed by atoms with E-state index in [1.165, 1.54) is 12.1 Å². The number of benzene rings is 6. The van der Waals surface area contributed by atoms with Crippen LogP contribution in [-0.4, -0.2) is 37.5 Å². The number of amides is 2. The van der Waals surface area contributed by atoms with Gasteiger partial charge in [-0.2, -0.15) is 10.2 Å². The minimum Gasteiger partial charge on any atom is -0.493 e. The van der Waals surface area contributed by atoms with Crippen molar-refractivity contribution in [3.63, 3.8) is 0 Å². The van der Waals surface area contributed by atoms with E-state index in [0.717, 1.165) is 50.1 Å². The Balaban J connectivity index is 1.18. The smallest absolute Gasteiger partial charge is 0.275 e. The quantitative estimate of drug-likeness (QED) is 0.0926. The fourth-order valence-electron chi connectivity index (χ4n) is 5.72. The van der Waals surface area contributed by atoms with Gasteiger partial charge in [-0.1, -0.05) is 115 Å². The monoisotopic (exact) mass is 700 g/mol. The predicted octanol–water partition coefficient (Wildman–Crippen LogP) is 9.32. The molecule has 0 spiro atoms. The van der Waals surface area contributed by atoms with Crippen molar-refractivity contribution < 1.29 is 19.1 Å². The van der Waals surface area contributed by atoms with Crippen LogP contribution in [0.5, 0.6) is 11.5 Å². The molecule has 6 rings (SSSR count). The van der Waals surface area contributed by atoms with Gasteiger partial charge < -0.3 is 9.47 Å². The maximum absolute atomic E-state index is 13.4. The summed E-state index contributed by atoms with van der Waals surface area (Å²) in [5.41, 5.74) is 14.9. The van der Waals surface area contributed by atoms with Crippen molar-refractivity contribution in [3.8, 4) is 44.9 Å². The lowest BCUT2D eigenvalue weighted by Gasteiger charge is -2.15. The van der Waals surface area contributed by atoms with Crippen molar-refractivity contribution in [1.82, 2.24) is 10.9 Å². The molecule has 0 heterocycles. The molecular formula is C45H40N4O4. The second kappa shape index (κ2) is 17.4. The Labute approximate surface area is 309 Å². The molecule has 0 radical (unpaired) electrons. The standard InChI is InChI=1S/C45H40N4O4/c1-4-52-42-28-41(43(53-5-2)27-40(42)44(50)48-46-29-32-18-16-31(3)17-19-32)45(51)49-47-30-33-20-22-36(23-21-33)39-25-37(34-12-8-6-9-13-34)24-38(26-39)35-14-10-7-11-15-35/h6-30H,4-5H2,1-3H3,(H,48,50)(H,49,51)/b46-29+,47-30+. The Hall–Kier alpha value is -6.80. The van der Waals surface area contributed by atoms with E-state index in [0.29, 0.717) is 0 Å². The maximum Gasteiger partial charge on any atom is 0.275 e. The average Bonchev–Trinajstić information content (AvgIpc) is 3.20. The molecule has 6 aromatic carbocycles. The van der Waals surface area contributed by atoms with E-state index in [2.05, 4.69) is 63.5 Å². The van der Waals surface area contributed by atoms with Crippen LogP contribution in [0, 0.1) is 6.92 Å². The van der Waals surface area contributed by atoms with Gasteiger partial charge >= 0.3 is 0 Å². The van der Waals surface area contributed by atoms with E-state index in [4.69, 9.17) is 9.47 Å². The SMILES string of the molecule is CCOc1cc(C(=O)N/N=C/c2ccc(-c3cc(-c4ccccc4)cc(-c4ccccc4)c3)cc2)c(OCC)cc1C(=O)N/N=C/c1ccc(C)cc1. The van der Waals surface area contributed by atoms with Crippen LogP contribution < -0.4 is 20.3 Å². The highest BCUT2D eigenvalue weighted by Gasteiger charge is 2.21. The van der Waals surface area contributed by atoms with Gasteiger partial charge in [-0.15, -0.1) is 0 Å². The molecule has 0 bridgehead atoms. The van der Waals surface area contributed by atoms with E-state index in [9.17, 15) is 9.59 Å². The fourth-order valence-corrected chi connectivity index (χ4v) is 5.72. The van der Waals surface area contributed by atoms with Crippen molar-refractivity contribution in [2.75, 3.05) is 13.2 Å². The Kier molecular flexibility index (Phi) is 11.8. The summed E-state index contributed by atoms with van der Waals surface area (Å²) in [5.74, 6) is -0.587. The molecule has 0 unspecified atom stereocenters. The van der Waals surface area contributed by atoms with Crippen molar-refractivity contribution in [1.29, 1.82) is 0 Å². The van der Waals surface area contributed by atoms with E-state index in [-0.39, 0.29) is 35.8 Å². The van der Waals surface area contributed by atoms with Crippen LogP contribution in [0.25, 0.3) is 33.4 Å². The van der Waals surface area contributed by atoms with Crippen LogP contribution in [0.4, 0.5) is 0 Å². The van der Waals surface area contributed by atoms with E-state index in [1.54, 1.807) is 26.3 Å². The van der Waals surface area contributed by atoms with Crippen LogP contribution >= 0.6 is 0 Å². The zero-order valence-corrected chi connectivity index (χ0v) is 29.9. The van der Waals surface area contributed by atoms with E-state index in [1.807, 2.05) is 91.9 Å². The summed E-state index contributed by atoms with van der Waals surface area (Å²) in [6, 6.07) is 46.0. The molecular weight excluding hydrogens is 661 g/mol. The number of carbonyl (C=O) groups is 2. The Morgan fingerprint density at radius 2 is 0.887 bits per heavy atom. The van der Waals surface area contributed by atoms with Crippen molar-refractivity contribution in [3.05, 3.63) is 167 Å². The van der Waals surface area contributed by atoms with Crippen LogP contribution in [0.1, 0.15) is 51.3 Å². The maximum atomic E-state index is 13.4. The van der Waals surface area contributed by atoms with Gasteiger partial charge in [0.15, 0.2) is 0 Å². The molecule has 2 amide bonds. The normalized spacial score (nSPS) is 11.1. The molecule has 0 aromatic heterocycles. The van der Waals surface area contributed by atoms with Gasteiger partial charge in [0.2, 0.25) is 0 Å². The molecule has 6 aromatic rings. The number of nitrogens with one attached hydrogen (secondary N) is 2. The van der Waals surface area contributed by atoms with Crippen molar-refractivity contribution in [2.24, 2.45) is 10.2 Å². The van der Waals surface area contributed by atoms with Crippen LogP contribution in [0.3, 0.4) is 0 Å². The third kappa shape index (κ3) is 9.31. The fraction of sp³-hybridized carbons (Fsp3) is 0.111. The summed E-state index contributed by atoms with van der Waals surface area (Å²) in [6.45, 7) is 6.14. The first-order valence-corrected chi connectivity index (χ1v) is 17.4. The average molecular weight is 701 g/mol. The summed E-state index contributed by atoms with van der Waals surface area (Å²) in [6.07, 6.45) is 3.13. The molecule has 0 saturated carbocycles. The topological polar surface area (TPSA) is 101 Å². The number of carbonyl (C=O) groups excluding carboxylic acids is 2. The first-order valence-electron chi connectivity index (χ1n) is 17.4. The Morgan fingerprint density at radius 3 is 1.28 bits per heavy atom. The largest absolute Gasteiger partial charge is 0.493 e. The third-order valence-corrected chi connectivity index (χ3v) is 8.40. The highest BCUT2D eigenvalue weighted by molar-refractivity contribution is 6.03. The second-order valence-corrected chi connectivity index (χ2v) is 12.2. The molecule has 0 fully saturated rings. The number of hydrazone groups is 2. The molecule has 0 aliphatic carbocycles. The highest BCUT2D eigenvalue weighted by Crippen LogP contribution is 2.33. The molecule has 8 heteroatoms. The number of aryl methyl sites for hydroxylation is 1. The molecule has 0 aliphatic rings. The van der Waals surface area contributed by atoms with Gasteiger partial charge in [0.25, 0.3) is 11.8 Å². The second-order valence-electron chi connectivity index (χ2n) is 12.2. The number of ether oxygens (including phenoxy) is 2. The zero-order valence-electron chi connectivity index (χ0n) is 29.9. The first kappa shape index (κ1) is 36.0. The number of hydrogen-bond donors (Lipinski definition) is 2. The Morgan fingerprint density at radius 1 is 0.509 bits per heavy atom.